The van der Waals surface area contributed by atoms with Gasteiger partial charge in [-0.2, -0.15) is 0 Å². The van der Waals surface area contributed by atoms with E-state index in [9.17, 15) is 9.59 Å². The highest BCUT2D eigenvalue weighted by molar-refractivity contribution is 6.01. The van der Waals surface area contributed by atoms with Crippen molar-refractivity contribution >= 4 is 17.5 Å². The summed E-state index contributed by atoms with van der Waals surface area (Å²) in [6, 6.07) is 4.07. The molecular formula is C32H40O5. The number of hydrogen-bond donors (Lipinski definition) is 0. The number of ether oxygens (including phenoxy) is 3. The van der Waals surface area contributed by atoms with E-state index >= 15 is 0 Å². The molecule has 198 valence electrons. The van der Waals surface area contributed by atoms with Crippen LogP contribution in [0.15, 0.2) is 62.3 Å². The van der Waals surface area contributed by atoms with Gasteiger partial charge in [0.1, 0.15) is 5.75 Å². The van der Waals surface area contributed by atoms with Gasteiger partial charge in [0.25, 0.3) is 0 Å². The third-order valence-electron chi connectivity index (χ3n) is 7.59. The zero-order valence-corrected chi connectivity index (χ0v) is 24.0. The van der Waals surface area contributed by atoms with Crippen molar-refractivity contribution in [1.82, 2.24) is 0 Å². The number of carbonyl (C=O) groups is 2. The number of esters is 2. The van der Waals surface area contributed by atoms with Crippen molar-refractivity contribution in [2.24, 2.45) is 0 Å². The molecule has 2 bridgehead atoms. The Balaban J connectivity index is 2.54. The molecule has 0 fully saturated rings. The normalized spacial score (nSPS) is 20.5. The van der Waals surface area contributed by atoms with E-state index in [1.807, 2.05) is 53.7 Å². The smallest absolute Gasteiger partial charge is 0.338 e. The van der Waals surface area contributed by atoms with E-state index in [0.717, 1.165) is 67.0 Å². The zero-order valence-electron chi connectivity index (χ0n) is 24.0. The van der Waals surface area contributed by atoms with Gasteiger partial charge in [-0.25, -0.2) is 9.59 Å². The second-order valence-corrected chi connectivity index (χ2v) is 9.92. The lowest BCUT2D eigenvalue weighted by Crippen LogP contribution is -2.17. The summed E-state index contributed by atoms with van der Waals surface area (Å²) in [5.41, 5.74) is 12.4. The van der Waals surface area contributed by atoms with Crippen molar-refractivity contribution in [3.8, 4) is 5.75 Å². The molecule has 0 N–H and O–H groups in total. The Bertz CT molecular complexity index is 1290. The largest absolute Gasteiger partial charge is 0.497 e. The Labute approximate surface area is 221 Å². The molecule has 37 heavy (non-hydrogen) atoms. The van der Waals surface area contributed by atoms with E-state index in [1.165, 1.54) is 0 Å². The molecule has 0 saturated carbocycles. The van der Waals surface area contributed by atoms with Crippen LogP contribution in [-0.4, -0.2) is 32.3 Å². The fourth-order valence-corrected chi connectivity index (χ4v) is 5.70. The van der Waals surface area contributed by atoms with Crippen LogP contribution in [-0.2, 0) is 19.1 Å². The number of methoxy groups -OCH3 is 1. The summed E-state index contributed by atoms with van der Waals surface area (Å²) in [7, 11) is 1.67. The van der Waals surface area contributed by atoms with Crippen LogP contribution in [0.1, 0.15) is 78.0 Å². The summed E-state index contributed by atoms with van der Waals surface area (Å²) >= 11 is 0. The summed E-state index contributed by atoms with van der Waals surface area (Å²) < 4.78 is 16.6. The molecular weight excluding hydrogens is 464 g/mol. The van der Waals surface area contributed by atoms with E-state index < -0.39 is 0 Å². The van der Waals surface area contributed by atoms with E-state index in [1.54, 1.807) is 7.11 Å². The average Bonchev–Trinajstić information content (AvgIpc) is 2.86. The van der Waals surface area contributed by atoms with Crippen molar-refractivity contribution in [3.05, 3.63) is 79.0 Å². The van der Waals surface area contributed by atoms with E-state index in [0.29, 0.717) is 37.2 Å². The molecule has 0 aromatic heterocycles. The second-order valence-electron chi connectivity index (χ2n) is 9.92. The van der Waals surface area contributed by atoms with Crippen molar-refractivity contribution in [2.75, 3.05) is 20.3 Å². The molecule has 2 aliphatic rings. The predicted molar refractivity (Wildman–Crippen MR) is 148 cm³/mol. The van der Waals surface area contributed by atoms with Gasteiger partial charge in [-0.05, 0) is 137 Å². The van der Waals surface area contributed by atoms with Gasteiger partial charge < -0.3 is 14.2 Å². The molecule has 0 spiro atoms. The highest BCUT2D eigenvalue weighted by Gasteiger charge is 2.32. The number of fused-ring (bicyclic) bond motifs is 2. The lowest BCUT2D eigenvalue weighted by atomic mass is 9.76. The maximum atomic E-state index is 13.3. The predicted octanol–water partition coefficient (Wildman–Crippen LogP) is 7.29. The second kappa shape index (κ2) is 11.4. The summed E-state index contributed by atoms with van der Waals surface area (Å²) in [6.07, 6.45) is 1.27. The monoisotopic (exact) mass is 504 g/mol. The molecule has 1 aromatic rings. The van der Waals surface area contributed by atoms with Crippen molar-refractivity contribution in [2.45, 2.75) is 75.2 Å². The molecule has 3 rings (SSSR count). The maximum Gasteiger partial charge on any atom is 0.338 e. The van der Waals surface area contributed by atoms with Crippen molar-refractivity contribution in [1.29, 1.82) is 0 Å². The Morgan fingerprint density at radius 1 is 0.730 bits per heavy atom. The Kier molecular flexibility index (Phi) is 8.68. The van der Waals surface area contributed by atoms with Gasteiger partial charge in [-0.15, -0.1) is 0 Å². The summed E-state index contributed by atoms with van der Waals surface area (Å²) in [5.74, 6) is 0.183. The maximum absolute atomic E-state index is 13.3. The topological polar surface area (TPSA) is 61.8 Å². The van der Waals surface area contributed by atoms with Gasteiger partial charge in [-0.1, -0.05) is 11.1 Å². The molecule has 5 heteroatoms. The van der Waals surface area contributed by atoms with Gasteiger partial charge in [0.05, 0.1) is 31.5 Å². The third kappa shape index (κ3) is 5.22. The first-order chi connectivity index (χ1) is 17.5. The fraction of sp³-hybridized carbons (Fsp3) is 0.438. The van der Waals surface area contributed by atoms with E-state index in [2.05, 4.69) is 20.8 Å². The molecule has 5 nitrogen and oxygen atoms in total. The van der Waals surface area contributed by atoms with E-state index in [-0.39, 0.29) is 11.9 Å². The standard InChI is InChI=1S/C32H40O5/c1-11-36-31(33)28-17(3)13-24-16-26(23(9)29(22(24)8)32(34)37-12-2)30(21(7)20(28)6)27-18(4)14-25(35-10)15-19(27)5/h14-15H,11-13,16H2,1-10H3/b21-20+,28-17+,30-26?. The lowest BCUT2D eigenvalue weighted by Gasteiger charge is -2.28. The first-order valence-electron chi connectivity index (χ1n) is 13.0. The van der Waals surface area contributed by atoms with Crippen molar-refractivity contribution < 1.29 is 23.8 Å². The minimum absolute atomic E-state index is 0.306. The number of benzene rings is 1. The molecule has 0 radical (unpaired) electrons. The minimum atomic E-state index is -0.311. The van der Waals surface area contributed by atoms with Crippen LogP contribution in [0.25, 0.3) is 5.57 Å². The molecule has 0 heterocycles. The van der Waals surface area contributed by atoms with Gasteiger partial charge in [0.15, 0.2) is 0 Å². The Morgan fingerprint density at radius 2 is 1.27 bits per heavy atom. The molecule has 0 aliphatic heterocycles. The number of rotatable bonds is 6. The zero-order chi connectivity index (χ0) is 27.6. The first kappa shape index (κ1) is 28.2. The summed E-state index contributed by atoms with van der Waals surface area (Å²) in [5, 5.41) is 0. The molecule has 2 aliphatic carbocycles. The van der Waals surface area contributed by atoms with Crippen LogP contribution < -0.4 is 4.74 Å². The first-order valence-corrected chi connectivity index (χ1v) is 13.0. The number of allylic oxidation sites excluding steroid dienone is 6. The number of hydrogen-bond acceptors (Lipinski definition) is 5. The van der Waals surface area contributed by atoms with Gasteiger partial charge in [-0.3, -0.25) is 0 Å². The highest BCUT2D eigenvalue weighted by Crippen LogP contribution is 2.47. The van der Waals surface area contributed by atoms with Crippen LogP contribution >= 0.6 is 0 Å². The SMILES string of the molecule is CCOC(=O)C1=C(C)C2=C(c3c(C)cc(OC)cc3C)/C(C)=C(C)/C(C(=O)OCC)=C(/C)CC(=C1C)C2. The quantitative estimate of drug-likeness (QED) is 0.381. The highest BCUT2D eigenvalue weighted by atomic mass is 16.5. The van der Waals surface area contributed by atoms with Gasteiger partial charge in [0, 0.05) is 0 Å². The van der Waals surface area contributed by atoms with Crippen LogP contribution in [0.2, 0.25) is 0 Å². The van der Waals surface area contributed by atoms with Gasteiger partial charge in [0.2, 0.25) is 0 Å². The number of aryl methyl sites for hydroxylation is 2. The van der Waals surface area contributed by atoms with Crippen LogP contribution in [0.3, 0.4) is 0 Å². The van der Waals surface area contributed by atoms with Crippen LogP contribution in [0.5, 0.6) is 5.75 Å². The Morgan fingerprint density at radius 3 is 1.78 bits per heavy atom. The lowest BCUT2D eigenvalue weighted by molar-refractivity contribution is -0.139. The van der Waals surface area contributed by atoms with Crippen LogP contribution in [0, 0.1) is 13.8 Å². The van der Waals surface area contributed by atoms with Crippen molar-refractivity contribution in [3.63, 3.8) is 0 Å². The molecule has 0 saturated heterocycles. The Hall–Kier alpha value is -3.34. The molecule has 0 amide bonds. The average molecular weight is 505 g/mol. The van der Waals surface area contributed by atoms with Crippen LogP contribution in [0.4, 0.5) is 0 Å². The summed E-state index contributed by atoms with van der Waals surface area (Å²) in [4.78, 5) is 26.5. The molecule has 1 aromatic carbocycles. The minimum Gasteiger partial charge on any atom is -0.497 e. The molecule has 0 unspecified atom stereocenters. The third-order valence-corrected chi connectivity index (χ3v) is 7.59. The molecule has 0 atom stereocenters. The summed E-state index contributed by atoms with van der Waals surface area (Å²) in [6.45, 7) is 18.5. The van der Waals surface area contributed by atoms with E-state index in [4.69, 9.17) is 14.2 Å². The fourth-order valence-electron chi connectivity index (χ4n) is 5.70. The van der Waals surface area contributed by atoms with Gasteiger partial charge >= 0.3 is 11.9 Å². The number of carbonyl (C=O) groups excluding carboxylic acids is 2.